The van der Waals surface area contributed by atoms with Crippen molar-refractivity contribution in [1.29, 1.82) is 0 Å². The molecule has 0 N–H and O–H groups in total. The van der Waals surface area contributed by atoms with Crippen LogP contribution in [0.5, 0.6) is 5.75 Å². The molecule has 0 aromatic heterocycles. The number of hydrogen-bond donors (Lipinski definition) is 0. The van der Waals surface area contributed by atoms with Crippen molar-refractivity contribution in [3.8, 4) is 5.75 Å². The topological polar surface area (TPSA) is 35.5 Å². The largest absolute Gasteiger partial charge is 0.486 e. The van der Waals surface area contributed by atoms with E-state index < -0.39 is 16.3 Å². The highest BCUT2D eigenvalue weighted by molar-refractivity contribution is 6.47. The number of ether oxygens (including phenoxy) is 1. The Morgan fingerprint density at radius 3 is 1.83 bits per heavy atom. The molecule has 36 heavy (non-hydrogen) atoms. The Hall–Kier alpha value is -2.00. The molecule has 0 bridgehead atoms. The maximum atomic E-state index is 12.3. The van der Waals surface area contributed by atoms with Crippen LogP contribution in [0.1, 0.15) is 97.4 Å². The predicted octanol–water partition coefficient (Wildman–Crippen LogP) is 6.81. The van der Waals surface area contributed by atoms with E-state index in [1.165, 1.54) is 16.7 Å². The van der Waals surface area contributed by atoms with Crippen LogP contribution < -0.4 is 10.2 Å². The van der Waals surface area contributed by atoms with E-state index in [1.54, 1.807) is 0 Å². The van der Waals surface area contributed by atoms with Crippen LogP contribution in [-0.2, 0) is 14.9 Å². The number of hydrogen-bond acceptors (Lipinski definition) is 3. The molecular weight excluding hydrogens is 442 g/mol. The molecule has 0 saturated heterocycles. The first-order chi connectivity index (χ1) is 16.5. The standard InChI is InChI=1S/C31H45B2O3/c1-12-31(13-2,24-15-17-26(22(4)19-24)35-20-27(34)28(5,6)7)23-14-16-25(21(3)18-23)33-36-30(10,11)29(8,9)32/h14-19H,12-13,20H2,1-11H3. The minimum Gasteiger partial charge on any atom is -0.486 e. The third-order valence-electron chi connectivity index (χ3n) is 7.98. The number of Topliss-reactive ketones (excluding diaryl/α,β-unsaturated/α-hetero) is 1. The van der Waals surface area contributed by atoms with Crippen LogP contribution in [0.4, 0.5) is 0 Å². The molecule has 0 aliphatic carbocycles. The number of ketones is 1. The van der Waals surface area contributed by atoms with Gasteiger partial charge in [-0.3, -0.25) is 4.79 Å². The summed E-state index contributed by atoms with van der Waals surface area (Å²) in [7, 11) is 8.14. The van der Waals surface area contributed by atoms with Crippen molar-refractivity contribution in [3.05, 3.63) is 58.7 Å². The molecule has 3 nitrogen and oxygen atoms in total. The lowest BCUT2D eigenvalue weighted by molar-refractivity contribution is -0.128. The first-order valence-corrected chi connectivity index (χ1v) is 13.2. The van der Waals surface area contributed by atoms with E-state index in [2.05, 4.69) is 58.0 Å². The zero-order valence-corrected chi connectivity index (χ0v) is 24.5. The zero-order chi connectivity index (χ0) is 27.5. The second-order valence-corrected chi connectivity index (χ2v) is 12.3. The number of rotatable bonds is 11. The van der Waals surface area contributed by atoms with Crippen LogP contribution in [-0.4, -0.2) is 33.3 Å². The highest BCUT2D eigenvalue weighted by Gasteiger charge is 2.34. The summed E-state index contributed by atoms with van der Waals surface area (Å²) in [6.45, 7) is 22.5. The van der Waals surface area contributed by atoms with Crippen molar-refractivity contribution >= 4 is 26.6 Å². The molecule has 2 rings (SSSR count). The van der Waals surface area contributed by atoms with Gasteiger partial charge in [-0.25, -0.2) is 0 Å². The minimum absolute atomic E-state index is 0.0910. The Bertz CT molecular complexity index is 1050. The number of benzene rings is 2. The van der Waals surface area contributed by atoms with Gasteiger partial charge >= 0.3 is 7.48 Å². The summed E-state index contributed by atoms with van der Waals surface area (Å²) in [5, 5.41) is -0.468. The summed E-state index contributed by atoms with van der Waals surface area (Å²) in [4.78, 5) is 12.3. The van der Waals surface area contributed by atoms with Gasteiger partial charge in [0.2, 0.25) is 0 Å². The molecule has 0 heterocycles. The normalized spacial score (nSPS) is 13.0. The van der Waals surface area contributed by atoms with Crippen molar-refractivity contribution in [3.63, 3.8) is 0 Å². The van der Waals surface area contributed by atoms with Gasteiger partial charge in [0.1, 0.15) is 12.4 Å². The van der Waals surface area contributed by atoms with Crippen molar-refractivity contribution < 1.29 is 14.2 Å². The van der Waals surface area contributed by atoms with Crippen LogP contribution in [0.15, 0.2) is 36.4 Å². The quantitative estimate of drug-likeness (QED) is 0.327. The van der Waals surface area contributed by atoms with Crippen LogP contribution in [0.25, 0.3) is 0 Å². The van der Waals surface area contributed by atoms with Crippen LogP contribution in [0, 0.1) is 19.3 Å². The van der Waals surface area contributed by atoms with Crippen molar-refractivity contribution in [2.24, 2.45) is 5.41 Å². The van der Waals surface area contributed by atoms with E-state index in [1.807, 2.05) is 62.0 Å². The van der Waals surface area contributed by atoms with E-state index in [4.69, 9.17) is 17.2 Å². The van der Waals surface area contributed by atoms with Gasteiger partial charge in [0.15, 0.2) is 5.78 Å². The van der Waals surface area contributed by atoms with E-state index >= 15 is 0 Å². The smallest absolute Gasteiger partial charge is 0.330 e. The summed E-state index contributed by atoms with van der Waals surface area (Å²) in [6, 6.07) is 13.0. The van der Waals surface area contributed by atoms with Crippen molar-refractivity contribution in [1.82, 2.24) is 0 Å². The molecule has 0 fully saturated rings. The lowest BCUT2D eigenvalue weighted by Gasteiger charge is -2.40. The lowest BCUT2D eigenvalue weighted by atomic mass is 9.61. The van der Waals surface area contributed by atoms with Gasteiger partial charge in [-0.1, -0.05) is 89.8 Å². The monoisotopic (exact) mass is 487 g/mol. The Balaban J connectivity index is 2.33. The fraction of sp³-hybridized carbons (Fsp3) is 0.581. The van der Waals surface area contributed by atoms with Crippen molar-refractivity contribution in [2.45, 2.75) is 105 Å². The van der Waals surface area contributed by atoms with Gasteiger partial charge in [-0.15, -0.1) is 0 Å². The summed E-state index contributed by atoms with van der Waals surface area (Å²) in [6.07, 6.45) is 1.94. The predicted molar refractivity (Wildman–Crippen MR) is 154 cm³/mol. The van der Waals surface area contributed by atoms with Gasteiger partial charge in [0.25, 0.3) is 0 Å². The maximum Gasteiger partial charge on any atom is 0.330 e. The first-order valence-electron chi connectivity index (χ1n) is 13.2. The first kappa shape index (κ1) is 30.2. The average Bonchev–Trinajstić information content (AvgIpc) is 2.77. The molecule has 0 unspecified atom stereocenters. The highest BCUT2D eigenvalue weighted by atomic mass is 16.5. The Morgan fingerprint density at radius 2 is 1.39 bits per heavy atom. The van der Waals surface area contributed by atoms with E-state index in [9.17, 15) is 4.79 Å². The molecule has 5 heteroatoms. The van der Waals surface area contributed by atoms with Gasteiger partial charge < -0.3 is 9.39 Å². The van der Waals surface area contributed by atoms with Gasteiger partial charge in [-0.2, -0.15) is 0 Å². The summed E-state index contributed by atoms with van der Waals surface area (Å²) >= 11 is 0. The molecule has 2 aromatic rings. The summed E-state index contributed by atoms with van der Waals surface area (Å²) in [5.74, 6) is 0.860. The molecule has 193 valence electrons. The zero-order valence-electron chi connectivity index (χ0n) is 24.5. The second-order valence-electron chi connectivity index (χ2n) is 12.3. The molecular formula is C31H45B2O3. The van der Waals surface area contributed by atoms with Crippen molar-refractivity contribution in [2.75, 3.05) is 6.61 Å². The number of carbonyl (C=O) groups excluding carboxylic acids is 1. The van der Waals surface area contributed by atoms with Gasteiger partial charge in [0, 0.05) is 16.4 Å². The lowest BCUT2D eigenvalue weighted by Crippen LogP contribution is -2.41. The highest BCUT2D eigenvalue weighted by Crippen LogP contribution is 2.41. The Morgan fingerprint density at radius 1 is 0.861 bits per heavy atom. The second kappa shape index (κ2) is 11.2. The fourth-order valence-electron chi connectivity index (χ4n) is 4.17. The third-order valence-corrected chi connectivity index (χ3v) is 7.98. The van der Waals surface area contributed by atoms with Crippen LogP contribution >= 0.6 is 0 Å². The molecule has 3 radical (unpaired) electrons. The van der Waals surface area contributed by atoms with E-state index in [0.29, 0.717) is 0 Å². The summed E-state index contributed by atoms with van der Waals surface area (Å²) < 4.78 is 12.0. The van der Waals surface area contributed by atoms with Gasteiger partial charge in [-0.05, 0) is 68.6 Å². The Labute approximate surface area is 222 Å². The molecule has 0 aliphatic rings. The van der Waals surface area contributed by atoms with E-state index in [-0.39, 0.29) is 17.8 Å². The number of carbonyl (C=O) groups is 1. The fourth-order valence-corrected chi connectivity index (χ4v) is 4.17. The molecule has 0 aliphatic heterocycles. The average molecular weight is 487 g/mol. The SMILES string of the molecule is [B]C(C)(C)C(C)(C)O[B]c1ccc(C(CC)(CC)c2ccc(OCC(=O)C(C)(C)C)c(C)c2)cc1C. The van der Waals surface area contributed by atoms with E-state index in [0.717, 1.165) is 29.6 Å². The molecule has 0 atom stereocenters. The number of aryl methyl sites for hydroxylation is 2. The molecule has 0 spiro atoms. The van der Waals surface area contributed by atoms with Gasteiger partial charge in [0.05, 0.1) is 7.85 Å². The van der Waals surface area contributed by atoms with Crippen LogP contribution in [0.2, 0.25) is 5.31 Å². The Kier molecular flexibility index (Phi) is 9.38. The minimum atomic E-state index is -0.493. The van der Waals surface area contributed by atoms with Crippen LogP contribution in [0.3, 0.4) is 0 Å². The molecule has 0 saturated carbocycles. The molecule has 0 amide bonds. The third kappa shape index (κ3) is 6.65. The molecule has 2 aromatic carbocycles. The maximum absolute atomic E-state index is 12.3. The summed E-state index contributed by atoms with van der Waals surface area (Å²) in [5.41, 5.74) is 4.80.